The Morgan fingerprint density at radius 2 is 2.00 bits per heavy atom. The predicted molar refractivity (Wildman–Crippen MR) is 129 cm³/mol. The summed E-state index contributed by atoms with van der Waals surface area (Å²) in [6, 6.07) is 15.8. The van der Waals surface area contributed by atoms with Gasteiger partial charge in [-0.05, 0) is 75.2 Å². The van der Waals surface area contributed by atoms with Gasteiger partial charge < -0.3 is 15.5 Å². The second-order valence-electron chi connectivity index (χ2n) is 8.47. The normalized spacial score (nSPS) is 16.4. The molecule has 4 rings (SSSR count). The SMILES string of the molecule is C[C@H]1CCCCN1CCCNC(=O)c1ccc(Nc2ccnc(-c3cccc(F)c3)n2)cc1. The minimum Gasteiger partial charge on any atom is -0.352 e. The van der Waals surface area contributed by atoms with Crippen molar-refractivity contribution in [3.05, 3.63) is 72.2 Å². The number of anilines is 2. The largest absolute Gasteiger partial charge is 0.352 e. The van der Waals surface area contributed by atoms with Gasteiger partial charge in [0.15, 0.2) is 5.82 Å². The highest BCUT2D eigenvalue weighted by Crippen LogP contribution is 2.20. The molecule has 1 aliphatic rings. The smallest absolute Gasteiger partial charge is 0.251 e. The average molecular weight is 448 g/mol. The van der Waals surface area contributed by atoms with Gasteiger partial charge in [-0.15, -0.1) is 0 Å². The van der Waals surface area contributed by atoms with Crippen LogP contribution in [-0.2, 0) is 0 Å². The summed E-state index contributed by atoms with van der Waals surface area (Å²) in [5, 5.41) is 6.22. The highest BCUT2D eigenvalue weighted by atomic mass is 19.1. The minimum atomic E-state index is -0.329. The Bertz CT molecular complexity index is 1070. The Morgan fingerprint density at radius 1 is 1.15 bits per heavy atom. The van der Waals surface area contributed by atoms with E-state index < -0.39 is 0 Å². The molecular weight excluding hydrogens is 417 g/mol. The van der Waals surface area contributed by atoms with Crippen molar-refractivity contribution in [3.8, 4) is 11.4 Å². The second-order valence-corrected chi connectivity index (χ2v) is 8.47. The molecule has 2 aromatic carbocycles. The van der Waals surface area contributed by atoms with Gasteiger partial charge in [-0.1, -0.05) is 18.6 Å². The lowest BCUT2D eigenvalue weighted by molar-refractivity contribution is 0.0949. The van der Waals surface area contributed by atoms with E-state index in [4.69, 9.17) is 0 Å². The number of halogens is 1. The van der Waals surface area contributed by atoms with E-state index in [9.17, 15) is 9.18 Å². The Balaban J connectivity index is 1.28. The van der Waals surface area contributed by atoms with Gasteiger partial charge >= 0.3 is 0 Å². The number of benzene rings is 2. The van der Waals surface area contributed by atoms with Gasteiger partial charge in [-0.2, -0.15) is 0 Å². The maximum atomic E-state index is 13.5. The number of amides is 1. The van der Waals surface area contributed by atoms with Crippen molar-refractivity contribution in [1.29, 1.82) is 0 Å². The second kappa shape index (κ2) is 11.0. The third-order valence-electron chi connectivity index (χ3n) is 6.01. The van der Waals surface area contributed by atoms with Crippen LogP contribution in [0.25, 0.3) is 11.4 Å². The van der Waals surface area contributed by atoms with Gasteiger partial charge in [0.05, 0.1) is 0 Å². The molecule has 33 heavy (non-hydrogen) atoms. The zero-order chi connectivity index (χ0) is 23.0. The van der Waals surface area contributed by atoms with Crippen molar-refractivity contribution < 1.29 is 9.18 Å². The van der Waals surface area contributed by atoms with Crippen LogP contribution in [0.4, 0.5) is 15.9 Å². The monoisotopic (exact) mass is 447 g/mol. The number of nitrogens with one attached hydrogen (secondary N) is 2. The Hall–Kier alpha value is -3.32. The molecule has 0 bridgehead atoms. The van der Waals surface area contributed by atoms with Gasteiger partial charge in [0.2, 0.25) is 0 Å². The Morgan fingerprint density at radius 3 is 2.79 bits per heavy atom. The van der Waals surface area contributed by atoms with E-state index in [1.54, 1.807) is 36.5 Å². The molecule has 172 valence electrons. The highest BCUT2D eigenvalue weighted by molar-refractivity contribution is 5.94. The third kappa shape index (κ3) is 6.35. The number of carbonyl (C=O) groups is 1. The number of likely N-dealkylation sites (tertiary alicyclic amines) is 1. The summed E-state index contributed by atoms with van der Waals surface area (Å²) in [5.41, 5.74) is 2.03. The van der Waals surface area contributed by atoms with Crippen LogP contribution in [0.5, 0.6) is 0 Å². The van der Waals surface area contributed by atoms with Gasteiger partial charge in [0, 0.05) is 42.1 Å². The summed E-state index contributed by atoms with van der Waals surface area (Å²) < 4.78 is 13.5. The molecule has 1 atom stereocenters. The van der Waals surface area contributed by atoms with Crippen molar-refractivity contribution in [2.45, 2.75) is 38.6 Å². The number of piperidine rings is 1. The molecule has 0 spiro atoms. The lowest BCUT2D eigenvalue weighted by Gasteiger charge is -2.33. The fourth-order valence-corrected chi connectivity index (χ4v) is 4.12. The molecule has 0 aliphatic carbocycles. The van der Waals surface area contributed by atoms with Crippen LogP contribution < -0.4 is 10.6 Å². The van der Waals surface area contributed by atoms with Crippen molar-refractivity contribution in [1.82, 2.24) is 20.2 Å². The quantitative estimate of drug-likeness (QED) is 0.475. The van der Waals surface area contributed by atoms with Crippen LogP contribution >= 0.6 is 0 Å². The van der Waals surface area contributed by atoms with E-state index in [0.717, 1.165) is 18.7 Å². The Kier molecular flexibility index (Phi) is 7.62. The molecule has 1 fully saturated rings. The first-order valence-corrected chi connectivity index (χ1v) is 11.6. The molecule has 0 radical (unpaired) electrons. The number of nitrogens with zero attached hydrogens (tertiary/aromatic N) is 3. The van der Waals surface area contributed by atoms with Crippen molar-refractivity contribution in [2.24, 2.45) is 0 Å². The summed E-state index contributed by atoms with van der Waals surface area (Å²) in [6.45, 7) is 5.16. The van der Waals surface area contributed by atoms with Crippen LogP contribution in [-0.4, -0.2) is 46.5 Å². The molecule has 2 heterocycles. The van der Waals surface area contributed by atoms with Crippen LogP contribution in [0.3, 0.4) is 0 Å². The summed E-state index contributed by atoms with van der Waals surface area (Å²) in [4.78, 5) is 23.7. The summed E-state index contributed by atoms with van der Waals surface area (Å²) in [5.74, 6) is 0.635. The molecule has 3 aromatic rings. The molecule has 0 saturated carbocycles. The van der Waals surface area contributed by atoms with Crippen molar-refractivity contribution in [3.63, 3.8) is 0 Å². The van der Waals surface area contributed by atoms with E-state index in [-0.39, 0.29) is 11.7 Å². The first kappa shape index (κ1) is 22.9. The van der Waals surface area contributed by atoms with Gasteiger partial charge in [-0.3, -0.25) is 4.79 Å². The molecular formula is C26H30FN5O. The van der Waals surface area contributed by atoms with E-state index in [1.165, 1.54) is 37.9 Å². The number of rotatable bonds is 8. The van der Waals surface area contributed by atoms with E-state index in [2.05, 4.69) is 32.4 Å². The fourth-order valence-electron chi connectivity index (χ4n) is 4.12. The van der Waals surface area contributed by atoms with Gasteiger partial charge in [0.1, 0.15) is 11.6 Å². The average Bonchev–Trinajstić information content (AvgIpc) is 2.83. The third-order valence-corrected chi connectivity index (χ3v) is 6.01. The van der Waals surface area contributed by atoms with Gasteiger partial charge in [-0.25, -0.2) is 14.4 Å². The van der Waals surface area contributed by atoms with Crippen LogP contribution in [0.2, 0.25) is 0 Å². The first-order valence-electron chi connectivity index (χ1n) is 11.6. The van der Waals surface area contributed by atoms with Crippen molar-refractivity contribution >= 4 is 17.4 Å². The molecule has 6 nitrogen and oxygen atoms in total. The summed E-state index contributed by atoms with van der Waals surface area (Å²) >= 11 is 0. The highest BCUT2D eigenvalue weighted by Gasteiger charge is 2.17. The van der Waals surface area contributed by atoms with Crippen LogP contribution in [0.15, 0.2) is 60.8 Å². The fraction of sp³-hybridized carbons (Fsp3) is 0.346. The van der Waals surface area contributed by atoms with Crippen molar-refractivity contribution in [2.75, 3.05) is 25.0 Å². The molecule has 0 unspecified atom stereocenters. The number of hydrogen-bond acceptors (Lipinski definition) is 5. The molecule has 1 aliphatic heterocycles. The Labute approximate surface area is 194 Å². The zero-order valence-corrected chi connectivity index (χ0v) is 18.9. The standard InChI is InChI=1S/C26H30FN5O/c1-19-6-2-3-16-32(19)17-5-14-29-26(33)20-9-11-23(12-10-20)30-24-13-15-28-25(31-24)21-7-4-8-22(27)18-21/h4,7-13,15,18-19H,2-3,5-6,14,16-17H2,1H3,(H,29,33)(H,28,30,31)/t19-/m0/s1. The van der Waals surface area contributed by atoms with Crippen LogP contribution in [0.1, 0.15) is 43.0 Å². The lowest BCUT2D eigenvalue weighted by Crippen LogP contribution is -2.39. The zero-order valence-electron chi connectivity index (χ0n) is 18.9. The van der Waals surface area contributed by atoms with Gasteiger partial charge in [0.25, 0.3) is 5.91 Å². The topological polar surface area (TPSA) is 70.2 Å². The van der Waals surface area contributed by atoms with E-state index >= 15 is 0 Å². The predicted octanol–water partition coefficient (Wildman–Crippen LogP) is 5.02. The number of hydrogen-bond donors (Lipinski definition) is 2. The molecule has 1 aromatic heterocycles. The van der Waals surface area contributed by atoms with Crippen LogP contribution in [0, 0.1) is 5.82 Å². The molecule has 2 N–H and O–H groups in total. The van der Waals surface area contributed by atoms with E-state index in [1.807, 2.05) is 12.1 Å². The maximum Gasteiger partial charge on any atom is 0.251 e. The minimum absolute atomic E-state index is 0.0660. The number of carbonyl (C=O) groups excluding carboxylic acids is 1. The summed E-state index contributed by atoms with van der Waals surface area (Å²) in [6.07, 6.45) is 6.45. The van der Waals surface area contributed by atoms with E-state index in [0.29, 0.717) is 35.4 Å². The number of aromatic nitrogens is 2. The first-order chi connectivity index (χ1) is 16.1. The maximum absolute atomic E-state index is 13.5. The summed E-state index contributed by atoms with van der Waals surface area (Å²) in [7, 11) is 0. The molecule has 1 saturated heterocycles. The lowest BCUT2D eigenvalue weighted by atomic mass is 10.0. The molecule has 1 amide bonds. The molecule has 7 heteroatoms.